The monoisotopic (exact) mass is 388 g/mol. The third kappa shape index (κ3) is 4.01. The first kappa shape index (κ1) is 18.4. The molecule has 1 aromatic carbocycles. The normalized spacial score (nSPS) is 10.6. The van der Waals surface area contributed by atoms with Crippen LogP contribution in [-0.4, -0.2) is 39.4 Å². The third-order valence-electron chi connectivity index (χ3n) is 4.39. The molecule has 0 aliphatic carbocycles. The first-order valence-corrected chi connectivity index (χ1v) is 9.01. The van der Waals surface area contributed by atoms with Crippen LogP contribution in [0.4, 0.5) is 5.82 Å². The first-order valence-electron chi connectivity index (χ1n) is 9.01. The van der Waals surface area contributed by atoms with E-state index in [4.69, 9.17) is 9.47 Å². The van der Waals surface area contributed by atoms with Gasteiger partial charge in [-0.15, -0.1) is 10.2 Å². The Morgan fingerprint density at radius 3 is 2.55 bits per heavy atom. The van der Waals surface area contributed by atoms with Gasteiger partial charge >= 0.3 is 0 Å². The Bertz CT molecular complexity index is 1100. The molecule has 29 heavy (non-hydrogen) atoms. The number of hydrogen-bond donors (Lipinski definition) is 2. The van der Waals surface area contributed by atoms with Gasteiger partial charge in [-0.05, 0) is 42.0 Å². The highest BCUT2D eigenvalue weighted by Crippen LogP contribution is 2.32. The van der Waals surface area contributed by atoms with Gasteiger partial charge in [0.25, 0.3) is 0 Å². The van der Waals surface area contributed by atoms with Gasteiger partial charge in [0.05, 0.1) is 19.8 Å². The smallest absolute Gasteiger partial charge is 0.165 e. The molecule has 0 fully saturated rings. The Balaban J connectivity index is 1.60. The fourth-order valence-electron chi connectivity index (χ4n) is 2.92. The second kappa shape index (κ2) is 8.39. The fraction of sp³-hybridized carbons (Fsp3) is 0.143. The average molecular weight is 388 g/mol. The highest BCUT2D eigenvalue weighted by atomic mass is 16.5. The van der Waals surface area contributed by atoms with Crippen molar-refractivity contribution in [1.82, 2.24) is 25.1 Å². The van der Waals surface area contributed by atoms with Crippen molar-refractivity contribution < 1.29 is 9.47 Å². The lowest BCUT2D eigenvalue weighted by Crippen LogP contribution is -2.03. The second-order valence-electron chi connectivity index (χ2n) is 6.21. The van der Waals surface area contributed by atoms with Crippen LogP contribution in [0.25, 0.3) is 22.8 Å². The molecule has 0 spiro atoms. The van der Waals surface area contributed by atoms with Crippen molar-refractivity contribution in [3.63, 3.8) is 0 Å². The molecule has 4 aromatic rings. The van der Waals surface area contributed by atoms with E-state index in [9.17, 15) is 0 Å². The van der Waals surface area contributed by atoms with Crippen molar-refractivity contribution in [2.45, 2.75) is 6.54 Å². The molecule has 2 N–H and O–H groups in total. The van der Waals surface area contributed by atoms with Crippen LogP contribution in [0.1, 0.15) is 5.56 Å². The zero-order chi connectivity index (χ0) is 20.1. The maximum Gasteiger partial charge on any atom is 0.165 e. The van der Waals surface area contributed by atoms with Crippen molar-refractivity contribution in [1.29, 1.82) is 0 Å². The molecule has 0 radical (unpaired) electrons. The van der Waals surface area contributed by atoms with Crippen LogP contribution in [0.3, 0.4) is 0 Å². The number of anilines is 1. The van der Waals surface area contributed by atoms with Gasteiger partial charge in [0.2, 0.25) is 0 Å². The molecule has 0 saturated carbocycles. The summed E-state index contributed by atoms with van der Waals surface area (Å²) in [6, 6.07) is 13.3. The number of methoxy groups -OCH3 is 2. The van der Waals surface area contributed by atoms with Crippen LogP contribution < -0.4 is 14.8 Å². The number of ether oxygens (including phenoxy) is 2. The first-order chi connectivity index (χ1) is 14.3. The summed E-state index contributed by atoms with van der Waals surface area (Å²) in [7, 11) is 3.20. The fourth-order valence-corrected chi connectivity index (χ4v) is 2.92. The number of aromatic nitrogens is 5. The summed E-state index contributed by atoms with van der Waals surface area (Å²) >= 11 is 0. The van der Waals surface area contributed by atoms with E-state index in [1.807, 2.05) is 48.7 Å². The summed E-state index contributed by atoms with van der Waals surface area (Å²) in [5, 5.41) is 11.9. The van der Waals surface area contributed by atoms with E-state index < -0.39 is 0 Å². The van der Waals surface area contributed by atoms with Gasteiger partial charge in [-0.25, -0.2) is 4.98 Å². The number of rotatable bonds is 7. The topological polar surface area (TPSA) is 97.8 Å². The molecule has 4 rings (SSSR count). The molecule has 146 valence electrons. The van der Waals surface area contributed by atoms with E-state index in [2.05, 4.69) is 30.5 Å². The van der Waals surface area contributed by atoms with Crippen LogP contribution in [0.2, 0.25) is 0 Å². The predicted molar refractivity (Wildman–Crippen MR) is 110 cm³/mol. The van der Waals surface area contributed by atoms with E-state index >= 15 is 0 Å². The summed E-state index contributed by atoms with van der Waals surface area (Å²) in [4.78, 5) is 11.8. The maximum absolute atomic E-state index is 5.37. The summed E-state index contributed by atoms with van der Waals surface area (Å²) in [5.74, 6) is 3.25. The quantitative estimate of drug-likeness (QED) is 0.499. The van der Waals surface area contributed by atoms with Crippen LogP contribution in [0.15, 0.2) is 61.1 Å². The highest BCUT2D eigenvalue weighted by Gasteiger charge is 2.14. The number of nitrogens with one attached hydrogen (secondary N) is 2. The predicted octanol–water partition coefficient (Wildman–Crippen LogP) is 3.56. The van der Waals surface area contributed by atoms with Gasteiger partial charge in [0.1, 0.15) is 5.82 Å². The van der Waals surface area contributed by atoms with Crippen LogP contribution in [0, 0.1) is 0 Å². The molecule has 0 amide bonds. The lowest BCUT2D eigenvalue weighted by molar-refractivity contribution is 0.355. The average Bonchev–Trinajstić information content (AvgIpc) is 3.28. The molecule has 0 bridgehead atoms. The number of aromatic amines is 1. The Hall–Kier alpha value is -3.94. The van der Waals surface area contributed by atoms with E-state index in [1.54, 1.807) is 26.6 Å². The summed E-state index contributed by atoms with van der Waals surface area (Å²) in [6.45, 7) is 0.606. The maximum atomic E-state index is 5.37. The third-order valence-corrected chi connectivity index (χ3v) is 4.39. The summed E-state index contributed by atoms with van der Waals surface area (Å²) < 4.78 is 10.7. The van der Waals surface area contributed by atoms with Crippen molar-refractivity contribution in [2.24, 2.45) is 0 Å². The molecule has 8 nitrogen and oxygen atoms in total. The molecule has 3 heterocycles. The zero-order valence-corrected chi connectivity index (χ0v) is 16.1. The summed E-state index contributed by atoms with van der Waals surface area (Å²) in [6.07, 6.45) is 5.31. The minimum Gasteiger partial charge on any atom is -0.493 e. The second-order valence-corrected chi connectivity index (χ2v) is 6.21. The number of H-pyrrole nitrogens is 1. The molecule has 0 aliphatic heterocycles. The number of pyridine rings is 2. The largest absolute Gasteiger partial charge is 0.493 e. The van der Waals surface area contributed by atoms with Crippen LogP contribution in [-0.2, 0) is 6.54 Å². The minimum absolute atomic E-state index is 0.606. The van der Waals surface area contributed by atoms with E-state index in [0.717, 1.165) is 16.7 Å². The molecular weight excluding hydrogens is 368 g/mol. The van der Waals surface area contributed by atoms with Gasteiger partial charge in [0.15, 0.2) is 23.1 Å². The number of hydrogen-bond acceptors (Lipinski definition) is 7. The molecule has 8 heteroatoms. The Morgan fingerprint density at radius 1 is 0.931 bits per heavy atom. The van der Waals surface area contributed by atoms with Crippen LogP contribution in [0.5, 0.6) is 11.5 Å². The lowest BCUT2D eigenvalue weighted by atomic mass is 10.2. The molecule has 0 atom stereocenters. The van der Waals surface area contributed by atoms with Crippen molar-refractivity contribution >= 4 is 5.82 Å². The minimum atomic E-state index is 0.606. The number of nitrogens with zero attached hydrogens (tertiary/aromatic N) is 4. The van der Waals surface area contributed by atoms with E-state index in [1.165, 1.54) is 0 Å². The SMILES string of the molecule is COc1ccc(-c2nnc(-c3cccnc3NCc3cccnc3)[nH]2)cc1OC. The van der Waals surface area contributed by atoms with E-state index in [0.29, 0.717) is 35.5 Å². The summed E-state index contributed by atoms with van der Waals surface area (Å²) in [5.41, 5.74) is 2.73. The Kier molecular flexibility index (Phi) is 5.33. The van der Waals surface area contributed by atoms with E-state index in [-0.39, 0.29) is 0 Å². The van der Waals surface area contributed by atoms with Crippen molar-refractivity contribution in [3.05, 3.63) is 66.6 Å². The van der Waals surface area contributed by atoms with Gasteiger partial charge < -0.3 is 19.8 Å². The number of benzene rings is 1. The standard InChI is InChI=1S/C21H20N6O2/c1-28-17-8-7-15(11-18(17)29-2)19-25-21(27-26-19)16-6-4-10-23-20(16)24-13-14-5-3-9-22-12-14/h3-12H,13H2,1-2H3,(H,23,24)(H,25,26,27). The molecule has 0 unspecified atom stereocenters. The Morgan fingerprint density at radius 2 is 1.76 bits per heavy atom. The van der Waals surface area contributed by atoms with Gasteiger partial charge in [-0.3, -0.25) is 4.98 Å². The zero-order valence-electron chi connectivity index (χ0n) is 16.1. The highest BCUT2D eigenvalue weighted by molar-refractivity contribution is 5.71. The molecule has 3 aromatic heterocycles. The molecular formula is C21H20N6O2. The van der Waals surface area contributed by atoms with Gasteiger partial charge in [-0.2, -0.15) is 0 Å². The van der Waals surface area contributed by atoms with Crippen molar-refractivity contribution in [3.8, 4) is 34.3 Å². The van der Waals surface area contributed by atoms with Crippen LogP contribution >= 0.6 is 0 Å². The Labute approximate surface area is 168 Å². The van der Waals surface area contributed by atoms with Gasteiger partial charge in [0, 0.05) is 30.7 Å². The molecule has 0 aliphatic rings. The van der Waals surface area contributed by atoms with Gasteiger partial charge in [-0.1, -0.05) is 6.07 Å². The lowest BCUT2D eigenvalue weighted by Gasteiger charge is -2.09. The molecule has 0 saturated heterocycles. The van der Waals surface area contributed by atoms with Crippen molar-refractivity contribution in [2.75, 3.05) is 19.5 Å².